The van der Waals surface area contributed by atoms with Gasteiger partial charge in [0.05, 0.1) is 13.2 Å². The zero-order valence-electron chi connectivity index (χ0n) is 11.1. The van der Waals surface area contributed by atoms with Crippen LogP contribution in [0, 0.1) is 5.41 Å². The molecule has 7 heteroatoms. The molecule has 1 unspecified atom stereocenters. The molecule has 1 atom stereocenters. The Hall–Kier alpha value is -0.790. The van der Waals surface area contributed by atoms with Gasteiger partial charge in [-0.2, -0.15) is 0 Å². The first-order valence-corrected chi connectivity index (χ1v) is 7.61. The van der Waals surface area contributed by atoms with Crippen molar-refractivity contribution in [2.45, 2.75) is 18.1 Å². The van der Waals surface area contributed by atoms with Gasteiger partial charge in [0.25, 0.3) is 0 Å². The molecule has 0 bridgehead atoms. The van der Waals surface area contributed by atoms with Gasteiger partial charge in [0.15, 0.2) is 5.17 Å². The molecule has 0 saturated carbocycles. The number of amides is 1. The third kappa shape index (κ3) is 4.67. The molecule has 2 saturated heterocycles. The van der Waals surface area contributed by atoms with E-state index in [1.807, 2.05) is 4.90 Å². The van der Waals surface area contributed by atoms with E-state index < -0.39 is 0 Å². The number of rotatable bonds is 5. The van der Waals surface area contributed by atoms with Crippen LogP contribution in [0.2, 0.25) is 0 Å². The fourth-order valence-electron chi connectivity index (χ4n) is 2.53. The van der Waals surface area contributed by atoms with Gasteiger partial charge in [-0.25, -0.2) is 0 Å². The number of hydrogen-bond donors (Lipinski definition) is 2. The number of ether oxygens (including phenoxy) is 1. The summed E-state index contributed by atoms with van der Waals surface area (Å²) in [5.41, 5.74) is 5.51. The maximum absolute atomic E-state index is 11.7. The van der Waals surface area contributed by atoms with Gasteiger partial charge in [0, 0.05) is 44.4 Å². The highest BCUT2D eigenvalue weighted by atomic mass is 32.2. The number of likely N-dealkylation sites (tertiary alicyclic amines) is 1. The molecule has 0 spiro atoms. The Balaban J connectivity index is 1.86. The van der Waals surface area contributed by atoms with E-state index in [1.165, 1.54) is 11.8 Å². The van der Waals surface area contributed by atoms with Crippen molar-refractivity contribution in [1.82, 2.24) is 9.80 Å². The SMILES string of the molecule is N=C(N)SC(CN1CCOCC1)CN1CCCC1=O. The summed E-state index contributed by atoms with van der Waals surface area (Å²) in [4.78, 5) is 15.9. The molecule has 2 fully saturated rings. The van der Waals surface area contributed by atoms with Gasteiger partial charge in [0.1, 0.15) is 0 Å². The van der Waals surface area contributed by atoms with Crippen LogP contribution in [-0.2, 0) is 9.53 Å². The molecular formula is C12H22N4O2S. The zero-order valence-corrected chi connectivity index (χ0v) is 12.0. The Morgan fingerprint density at radius 2 is 2.11 bits per heavy atom. The van der Waals surface area contributed by atoms with Crippen molar-refractivity contribution in [3.63, 3.8) is 0 Å². The maximum atomic E-state index is 11.7. The van der Waals surface area contributed by atoms with Crippen LogP contribution < -0.4 is 5.73 Å². The standard InChI is InChI=1S/C12H22N4O2S/c13-12(14)19-10(8-15-4-6-18-7-5-15)9-16-3-1-2-11(16)17/h10H,1-9H2,(H3,13,14). The topological polar surface area (TPSA) is 82.7 Å². The summed E-state index contributed by atoms with van der Waals surface area (Å²) < 4.78 is 5.33. The van der Waals surface area contributed by atoms with Crippen LogP contribution in [0.1, 0.15) is 12.8 Å². The summed E-state index contributed by atoms with van der Waals surface area (Å²) in [7, 11) is 0. The Morgan fingerprint density at radius 1 is 1.37 bits per heavy atom. The number of hydrogen-bond acceptors (Lipinski definition) is 5. The number of thioether (sulfide) groups is 1. The van der Waals surface area contributed by atoms with Crippen LogP contribution in [0.5, 0.6) is 0 Å². The van der Waals surface area contributed by atoms with Gasteiger partial charge in [-0.15, -0.1) is 0 Å². The minimum atomic E-state index is 0.130. The number of nitrogens with two attached hydrogens (primary N) is 1. The smallest absolute Gasteiger partial charge is 0.222 e. The van der Waals surface area contributed by atoms with Gasteiger partial charge in [-0.3, -0.25) is 15.1 Å². The Labute approximate surface area is 118 Å². The van der Waals surface area contributed by atoms with Crippen LogP contribution >= 0.6 is 11.8 Å². The predicted molar refractivity (Wildman–Crippen MR) is 76.4 cm³/mol. The molecule has 3 N–H and O–H groups in total. The molecule has 0 aliphatic carbocycles. The van der Waals surface area contributed by atoms with Gasteiger partial charge >= 0.3 is 0 Å². The van der Waals surface area contributed by atoms with Gasteiger partial charge < -0.3 is 15.4 Å². The average Bonchev–Trinajstić information content (AvgIpc) is 2.75. The van der Waals surface area contributed by atoms with E-state index in [0.29, 0.717) is 13.0 Å². The molecule has 0 aromatic rings. The van der Waals surface area contributed by atoms with Gasteiger partial charge in [0.2, 0.25) is 5.91 Å². The quantitative estimate of drug-likeness (QED) is 0.546. The number of morpholine rings is 1. The van der Waals surface area contributed by atoms with Crippen molar-refractivity contribution < 1.29 is 9.53 Å². The molecule has 0 aromatic carbocycles. The lowest BCUT2D eigenvalue weighted by atomic mass is 10.3. The number of carbonyl (C=O) groups is 1. The zero-order chi connectivity index (χ0) is 13.7. The summed E-state index contributed by atoms with van der Waals surface area (Å²) in [5, 5.41) is 7.77. The number of nitrogens with one attached hydrogen (secondary N) is 1. The molecule has 0 radical (unpaired) electrons. The molecule has 2 rings (SSSR count). The lowest BCUT2D eigenvalue weighted by molar-refractivity contribution is -0.127. The lowest BCUT2D eigenvalue weighted by Gasteiger charge is -2.31. The second-order valence-electron chi connectivity index (χ2n) is 4.96. The van der Waals surface area contributed by atoms with Crippen molar-refractivity contribution in [2.24, 2.45) is 5.73 Å². The molecule has 2 heterocycles. The second kappa shape index (κ2) is 7.12. The highest BCUT2D eigenvalue weighted by molar-refractivity contribution is 8.14. The van der Waals surface area contributed by atoms with Crippen molar-refractivity contribution in [3.05, 3.63) is 0 Å². The number of nitrogens with zero attached hydrogens (tertiary/aromatic N) is 2. The van der Waals surface area contributed by atoms with Crippen molar-refractivity contribution in [3.8, 4) is 0 Å². The van der Waals surface area contributed by atoms with Crippen LogP contribution in [0.4, 0.5) is 0 Å². The molecule has 2 aliphatic rings. The molecular weight excluding hydrogens is 264 g/mol. The summed E-state index contributed by atoms with van der Waals surface area (Å²) in [6, 6.07) is 0. The van der Waals surface area contributed by atoms with Gasteiger partial charge in [-0.05, 0) is 6.42 Å². The van der Waals surface area contributed by atoms with Crippen LogP contribution in [0.3, 0.4) is 0 Å². The third-order valence-corrected chi connectivity index (χ3v) is 4.34. The second-order valence-corrected chi connectivity index (χ2v) is 6.30. The summed E-state index contributed by atoms with van der Waals surface area (Å²) in [5.74, 6) is 0.233. The fraction of sp³-hybridized carbons (Fsp3) is 0.833. The van der Waals surface area contributed by atoms with Crippen LogP contribution in [-0.4, -0.2) is 72.1 Å². The minimum absolute atomic E-state index is 0.130. The summed E-state index contributed by atoms with van der Waals surface area (Å²) in [6.45, 7) is 5.76. The third-order valence-electron chi connectivity index (χ3n) is 3.45. The predicted octanol–water partition coefficient (Wildman–Crippen LogP) is -0.0637. The molecule has 19 heavy (non-hydrogen) atoms. The Kier molecular flexibility index (Phi) is 5.47. The van der Waals surface area contributed by atoms with E-state index in [9.17, 15) is 4.79 Å². The minimum Gasteiger partial charge on any atom is -0.379 e. The van der Waals surface area contributed by atoms with Crippen molar-refractivity contribution in [1.29, 1.82) is 5.41 Å². The summed E-state index contributed by atoms with van der Waals surface area (Å²) >= 11 is 1.37. The van der Waals surface area contributed by atoms with Crippen LogP contribution in [0.15, 0.2) is 0 Å². The number of carbonyl (C=O) groups excluding carboxylic acids is 1. The van der Waals surface area contributed by atoms with E-state index in [2.05, 4.69) is 4.90 Å². The molecule has 1 amide bonds. The Bertz CT molecular complexity index is 334. The van der Waals surface area contributed by atoms with E-state index in [4.69, 9.17) is 15.9 Å². The van der Waals surface area contributed by atoms with E-state index in [-0.39, 0.29) is 16.3 Å². The highest BCUT2D eigenvalue weighted by Gasteiger charge is 2.26. The average molecular weight is 286 g/mol. The lowest BCUT2D eigenvalue weighted by Crippen LogP contribution is -2.44. The van der Waals surface area contributed by atoms with E-state index in [0.717, 1.165) is 45.8 Å². The van der Waals surface area contributed by atoms with Gasteiger partial charge in [-0.1, -0.05) is 11.8 Å². The molecule has 2 aliphatic heterocycles. The monoisotopic (exact) mass is 286 g/mol. The highest BCUT2D eigenvalue weighted by Crippen LogP contribution is 2.18. The Morgan fingerprint density at radius 3 is 2.68 bits per heavy atom. The van der Waals surface area contributed by atoms with E-state index >= 15 is 0 Å². The van der Waals surface area contributed by atoms with Crippen molar-refractivity contribution >= 4 is 22.8 Å². The fourth-order valence-corrected chi connectivity index (χ4v) is 3.43. The first-order chi connectivity index (χ1) is 9.15. The largest absolute Gasteiger partial charge is 0.379 e. The normalized spacial score (nSPS) is 22.7. The number of amidine groups is 1. The van der Waals surface area contributed by atoms with E-state index in [1.54, 1.807) is 0 Å². The maximum Gasteiger partial charge on any atom is 0.222 e. The molecule has 0 aromatic heterocycles. The molecule has 6 nitrogen and oxygen atoms in total. The molecule has 108 valence electrons. The van der Waals surface area contributed by atoms with Crippen LogP contribution in [0.25, 0.3) is 0 Å². The first kappa shape index (κ1) is 14.6. The van der Waals surface area contributed by atoms with Crippen molar-refractivity contribution in [2.75, 3.05) is 45.9 Å². The first-order valence-electron chi connectivity index (χ1n) is 6.73. The summed E-state index contributed by atoms with van der Waals surface area (Å²) in [6.07, 6.45) is 1.61.